The molecule has 0 N–H and O–H groups in total. The Bertz CT molecular complexity index is 795. The van der Waals surface area contributed by atoms with Gasteiger partial charge < -0.3 is 14.4 Å². The number of nitro groups is 1. The molecule has 138 valence electrons. The van der Waals surface area contributed by atoms with Gasteiger partial charge in [-0.25, -0.2) is 0 Å². The number of halogens is 1. The second-order valence-electron chi connectivity index (χ2n) is 5.66. The van der Waals surface area contributed by atoms with E-state index in [1.807, 2.05) is 0 Å². The first-order valence-electron chi connectivity index (χ1n) is 7.80. The summed E-state index contributed by atoms with van der Waals surface area (Å²) in [6, 6.07) is 11.0. The van der Waals surface area contributed by atoms with Gasteiger partial charge in [0.1, 0.15) is 11.5 Å². The van der Waals surface area contributed by atoms with Crippen molar-refractivity contribution in [1.82, 2.24) is 4.90 Å². The monoisotopic (exact) mass is 378 g/mol. The third-order valence-corrected chi connectivity index (χ3v) is 4.11. The quantitative estimate of drug-likeness (QED) is 0.542. The molecule has 0 aliphatic heterocycles. The Morgan fingerprint density at radius 3 is 2.42 bits per heavy atom. The largest absolute Gasteiger partial charge is 0.497 e. The Balaban J connectivity index is 2.04. The number of non-ortho nitro benzene ring substituents is 1. The van der Waals surface area contributed by atoms with Crippen molar-refractivity contribution in [1.29, 1.82) is 0 Å². The summed E-state index contributed by atoms with van der Waals surface area (Å²) in [5.74, 6) is 0.950. The topological polar surface area (TPSA) is 81.9 Å². The highest BCUT2D eigenvalue weighted by atomic mass is 35.5. The fourth-order valence-electron chi connectivity index (χ4n) is 2.35. The van der Waals surface area contributed by atoms with Gasteiger partial charge in [0.05, 0.1) is 12.0 Å². The molecule has 2 rings (SSSR count). The minimum absolute atomic E-state index is 0.0761. The molecular weight excluding hydrogens is 360 g/mol. The van der Waals surface area contributed by atoms with E-state index in [0.717, 1.165) is 0 Å². The smallest absolute Gasteiger partial charge is 0.269 e. The molecule has 0 aliphatic rings. The lowest BCUT2D eigenvalue weighted by molar-refractivity contribution is -0.384. The van der Waals surface area contributed by atoms with Crippen molar-refractivity contribution in [3.8, 4) is 11.5 Å². The van der Waals surface area contributed by atoms with Crippen LogP contribution in [0.3, 0.4) is 0 Å². The molecule has 0 heterocycles. The lowest BCUT2D eigenvalue weighted by atomic mass is 10.2. The summed E-state index contributed by atoms with van der Waals surface area (Å²) in [6.45, 7) is 1.77. The van der Waals surface area contributed by atoms with Crippen molar-refractivity contribution in [2.45, 2.75) is 19.6 Å². The molecule has 0 fully saturated rings. The van der Waals surface area contributed by atoms with Crippen LogP contribution in [0.4, 0.5) is 5.69 Å². The predicted octanol–water partition coefficient (Wildman–Crippen LogP) is 3.68. The van der Waals surface area contributed by atoms with E-state index in [-0.39, 0.29) is 18.1 Å². The number of methoxy groups -OCH3 is 1. The molecule has 0 radical (unpaired) electrons. The molecule has 0 aliphatic carbocycles. The molecule has 26 heavy (non-hydrogen) atoms. The minimum Gasteiger partial charge on any atom is -0.497 e. The molecule has 2 aromatic rings. The summed E-state index contributed by atoms with van der Waals surface area (Å²) in [5.41, 5.74) is 0.418. The van der Waals surface area contributed by atoms with Gasteiger partial charge in [0, 0.05) is 30.7 Å². The summed E-state index contributed by atoms with van der Waals surface area (Å²) >= 11 is 6.08. The Morgan fingerprint density at radius 2 is 1.85 bits per heavy atom. The number of ether oxygens (including phenoxy) is 2. The van der Waals surface area contributed by atoms with E-state index in [9.17, 15) is 14.9 Å². The van der Waals surface area contributed by atoms with E-state index >= 15 is 0 Å². The van der Waals surface area contributed by atoms with E-state index in [4.69, 9.17) is 21.1 Å². The van der Waals surface area contributed by atoms with Crippen molar-refractivity contribution < 1.29 is 19.2 Å². The summed E-state index contributed by atoms with van der Waals surface area (Å²) < 4.78 is 10.7. The van der Waals surface area contributed by atoms with Crippen LogP contribution in [0.15, 0.2) is 42.5 Å². The number of hydrogen-bond donors (Lipinski definition) is 0. The van der Waals surface area contributed by atoms with Crippen LogP contribution in [0.25, 0.3) is 0 Å². The van der Waals surface area contributed by atoms with Gasteiger partial charge in [-0.05, 0) is 42.8 Å². The van der Waals surface area contributed by atoms with E-state index in [0.29, 0.717) is 22.1 Å². The number of rotatable bonds is 7. The van der Waals surface area contributed by atoms with Crippen LogP contribution in [0, 0.1) is 10.1 Å². The zero-order valence-electron chi connectivity index (χ0n) is 14.6. The van der Waals surface area contributed by atoms with E-state index in [1.165, 1.54) is 23.1 Å². The third kappa shape index (κ3) is 4.86. The van der Waals surface area contributed by atoms with Gasteiger partial charge in [-0.2, -0.15) is 0 Å². The second-order valence-corrected chi connectivity index (χ2v) is 6.07. The SMILES string of the molecule is COc1ccc(OC(C)C(=O)N(C)Cc2cc([N+](=O)[O-])ccc2Cl)cc1. The zero-order chi connectivity index (χ0) is 19.3. The molecular formula is C18H19ClN2O5. The number of benzene rings is 2. The Hall–Kier alpha value is -2.80. The van der Waals surface area contributed by atoms with Gasteiger partial charge >= 0.3 is 0 Å². The highest BCUT2D eigenvalue weighted by Gasteiger charge is 2.21. The number of nitro benzene ring substituents is 1. The van der Waals surface area contributed by atoms with Crippen LogP contribution in [0.1, 0.15) is 12.5 Å². The van der Waals surface area contributed by atoms with Gasteiger partial charge in [-0.15, -0.1) is 0 Å². The summed E-state index contributed by atoms with van der Waals surface area (Å²) in [5, 5.41) is 11.3. The van der Waals surface area contributed by atoms with Gasteiger partial charge in [0.15, 0.2) is 6.10 Å². The van der Waals surface area contributed by atoms with Crippen molar-refractivity contribution >= 4 is 23.2 Å². The normalized spacial score (nSPS) is 11.5. The molecule has 2 aromatic carbocycles. The van der Waals surface area contributed by atoms with Gasteiger partial charge in [0.2, 0.25) is 0 Å². The molecule has 0 bridgehead atoms. The predicted molar refractivity (Wildman–Crippen MR) is 97.7 cm³/mol. The summed E-state index contributed by atoms with van der Waals surface area (Å²) in [4.78, 5) is 24.3. The van der Waals surface area contributed by atoms with E-state index in [1.54, 1.807) is 45.3 Å². The molecule has 0 spiro atoms. The first-order chi connectivity index (χ1) is 12.3. The van der Waals surface area contributed by atoms with Crippen LogP contribution >= 0.6 is 11.6 Å². The minimum atomic E-state index is -0.731. The van der Waals surface area contributed by atoms with Crippen molar-refractivity contribution in [2.75, 3.05) is 14.2 Å². The van der Waals surface area contributed by atoms with Crippen LogP contribution in [-0.2, 0) is 11.3 Å². The number of amides is 1. The van der Waals surface area contributed by atoms with Crippen LogP contribution in [-0.4, -0.2) is 36.0 Å². The average Bonchev–Trinajstić information content (AvgIpc) is 2.63. The highest BCUT2D eigenvalue weighted by Crippen LogP contribution is 2.24. The summed E-state index contributed by atoms with van der Waals surface area (Å²) in [7, 11) is 3.15. The Labute approximate surface area is 156 Å². The fraction of sp³-hybridized carbons (Fsp3) is 0.278. The van der Waals surface area contributed by atoms with Gasteiger partial charge in [-0.3, -0.25) is 14.9 Å². The Kier molecular flexibility index (Phi) is 6.41. The second kappa shape index (κ2) is 8.53. The standard InChI is InChI=1S/C18H19ClN2O5/c1-12(26-16-7-5-15(25-3)6-8-16)18(22)20(2)11-13-10-14(21(23)24)4-9-17(13)19/h4-10,12H,11H2,1-3H3. The molecule has 0 saturated carbocycles. The zero-order valence-corrected chi connectivity index (χ0v) is 15.4. The third-order valence-electron chi connectivity index (χ3n) is 3.74. The number of hydrogen-bond acceptors (Lipinski definition) is 5. The molecule has 1 amide bonds. The molecule has 1 unspecified atom stereocenters. The Morgan fingerprint density at radius 1 is 1.23 bits per heavy atom. The average molecular weight is 379 g/mol. The maximum Gasteiger partial charge on any atom is 0.269 e. The number of carbonyl (C=O) groups is 1. The molecule has 1 atom stereocenters. The summed E-state index contributed by atoms with van der Waals surface area (Å²) in [6.07, 6.45) is -0.731. The molecule has 8 heteroatoms. The van der Waals surface area contributed by atoms with Crippen molar-refractivity contribution in [3.63, 3.8) is 0 Å². The maximum atomic E-state index is 12.5. The van der Waals surface area contributed by atoms with Crippen molar-refractivity contribution in [2.24, 2.45) is 0 Å². The molecule has 0 saturated heterocycles. The number of nitrogens with zero attached hydrogens (tertiary/aromatic N) is 2. The molecule has 0 aromatic heterocycles. The van der Waals surface area contributed by atoms with Crippen LogP contribution < -0.4 is 9.47 Å². The van der Waals surface area contributed by atoms with E-state index < -0.39 is 11.0 Å². The van der Waals surface area contributed by atoms with Gasteiger partial charge in [0.25, 0.3) is 11.6 Å². The molecule has 7 nitrogen and oxygen atoms in total. The van der Waals surface area contributed by atoms with Crippen molar-refractivity contribution in [3.05, 3.63) is 63.2 Å². The van der Waals surface area contributed by atoms with Crippen LogP contribution in [0.5, 0.6) is 11.5 Å². The number of likely N-dealkylation sites (N-methyl/N-ethyl adjacent to an activating group) is 1. The lowest BCUT2D eigenvalue weighted by Crippen LogP contribution is -2.37. The van der Waals surface area contributed by atoms with Crippen LogP contribution in [0.2, 0.25) is 5.02 Å². The van der Waals surface area contributed by atoms with Gasteiger partial charge in [-0.1, -0.05) is 11.6 Å². The first kappa shape index (κ1) is 19.5. The highest BCUT2D eigenvalue weighted by molar-refractivity contribution is 6.31. The lowest BCUT2D eigenvalue weighted by Gasteiger charge is -2.22. The maximum absolute atomic E-state index is 12.5. The van der Waals surface area contributed by atoms with E-state index in [2.05, 4.69) is 0 Å². The fourth-order valence-corrected chi connectivity index (χ4v) is 2.53. The first-order valence-corrected chi connectivity index (χ1v) is 8.18. The number of carbonyl (C=O) groups excluding carboxylic acids is 1.